The van der Waals surface area contributed by atoms with E-state index in [1.54, 1.807) is 0 Å². The van der Waals surface area contributed by atoms with E-state index in [2.05, 4.69) is 4.74 Å². The molecular weight excluding hydrogens is 140 g/mol. The van der Waals surface area contributed by atoms with Gasteiger partial charge in [-0.15, -0.1) is 0 Å². The summed E-state index contributed by atoms with van der Waals surface area (Å²) in [5.41, 5.74) is 0. The van der Waals surface area contributed by atoms with E-state index >= 15 is 0 Å². The van der Waals surface area contributed by atoms with E-state index in [0.717, 1.165) is 0 Å². The molecule has 3 unspecified atom stereocenters. The van der Waals surface area contributed by atoms with E-state index in [4.69, 9.17) is 20.4 Å². The van der Waals surface area contributed by atoms with Gasteiger partial charge in [0.2, 0.25) is 5.79 Å². The van der Waals surface area contributed by atoms with Gasteiger partial charge in [0.05, 0.1) is 6.61 Å². The van der Waals surface area contributed by atoms with Gasteiger partial charge in [0.15, 0.2) is 6.29 Å². The van der Waals surface area contributed by atoms with Crippen LogP contribution in [-0.4, -0.2) is 45.2 Å². The van der Waals surface area contributed by atoms with Gasteiger partial charge in [0.25, 0.3) is 0 Å². The summed E-state index contributed by atoms with van der Waals surface area (Å²) < 4.78 is 4.42. The highest BCUT2D eigenvalue weighted by atomic mass is 16.7. The molecule has 5 nitrogen and oxygen atoms in total. The Balaban J connectivity index is 2.61. The van der Waals surface area contributed by atoms with E-state index in [0.29, 0.717) is 0 Å². The summed E-state index contributed by atoms with van der Waals surface area (Å²) in [4.78, 5) is 0. The zero-order valence-corrected chi connectivity index (χ0v) is 5.27. The maximum absolute atomic E-state index is 9.06. The van der Waals surface area contributed by atoms with Crippen LogP contribution in [-0.2, 0) is 4.74 Å². The lowest BCUT2D eigenvalue weighted by molar-refractivity contribution is -0.271. The van der Waals surface area contributed by atoms with Crippen LogP contribution in [0.5, 0.6) is 0 Å². The zero-order chi connectivity index (χ0) is 7.78. The van der Waals surface area contributed by atoms with Crippen molar-refractivity contribution in [2.24, 2.45) is 0 Å². The Kier molecular flexibility index (Phi) is 1.93. The minimum atomic E-state index is -1.97. The standard InChI is InChI=1S/C5H10O5/c6-2-5(9)3(7)1-4(8)10-5/h3-4,6-9H,1-2H2. The second-order valence-corrected chi connectivity index (χ2v) is 2.33. The topological polar surface area (TPSA) is 90.2 Å². The minimum Gasteiger partial charge on any atom is -0.391 e. The summed E-state index contributed by atoms with van der Waals surface area (Å²) in [6, 6.07) is 0. The van der Waals surface area contributed by atoms with E-state index in [1.807, 2.05) is 0 Å². The van der Waals surface area contributed by atoms with E-state index in [1.165, 1.54) is 0 Å². The average Bonchev–Trinajstić information content (AvgIpc) is 2.09. The zero-order valence-electron chi connectivity index (χ0n) is 5.27. The van der Waals surface area contributed by atoms with Crippen molar-refractivity contribution in [3.63, 3.8) is 0 Å². The Morgan fingerprint density at radius 2 is 2.10 bits per heavy atom. The number of rotatable bonds is 1. The van der Waals surface area contributed by atoms with Crippen LogP contribution in [0.2, 0.25) is 0 Å². The Labute approximate surface area is 57.5 Å². The first kappa shape index (κ1) is 7.90. The van der Waals surface area contributed by atoms with Crippen LogP contribution in [0.25, 0.3) is 0 Å². The van der Waals surface area contributed by atoms with Crippen LogP contribution >= 0.6 is 0 Å². The molecule has 0 saturated carbocycles. The largest absolute Gasteiger partial charge is 0.391 e. The second-order valence-electron chi connectivity index (χ2n) is 2.33. The predicted octanol–water partition coefficient (Wildman–Crippen LogP) is -2.23. The van der Waals surface area contributed by atoms with Crippen molar-refractivity contribution in [3.05, 3.63) is 0 Å². The highest BCUT2D eigenvalue weighted by Crippen LogP contribution is 2.26. The number of aliphatic hydroxyl groups excluding tert-OH is 3. The lowest BCUT2D eigenvalue weighted by Gasteiger charge is -2.21. The molecule has 3 atom stereocenters. The maximum atomic E-state index is 9.06. The molecule has 0 spiro atoms. The highest BCUT2D eigenvalue weighted by molar-refractivity contribution is 4.83. The van der Waals surface area contributed by atoms with Crippen LogP contribution in [0.4, 0.5) is 0 Å². The van der Waals surface area contributed by atoms with Gasteiger partial charge in [-0.05, 0) is 0 Å². The number of hydrogen-bond donors (Lipinski definition) is 4. The molecule has 1 aliphatic rings. The Morgan fingerprint density at radius 1 is 1.50 bits per heavy atom. The first-order valence-electron chi connectivity index (χ1n) is 2.95. The average molecular weight is 150 g/mol. The van der Waals surface area contributed by atoms with Crippen molar-refractivity contribution in [1.29, 1.82) is 0 Å². The monoisotopic (exact) mass is 150 g/mol. The summed E-state index contributed by atoms with van der Waals surface area (Å²) >= 11 is 0. The van der Waals surface area contributed by atoms with Gasteiger partial charge in [-0.3, -0.25) is 0 Å². The molecule has 1 fully saturated rings. The van der Waals surface area contributed by atoms with Crippen molar-refractivity contribution in [2.75, 3.05) is 6.61 Å². The van der Waals surface area contributed by atoms with Crippen molar-refractivity contribution in [3.8, 4) is 0 Å². The van der Waals surface area contributed by atoms with Gasteiger partial charge in [0, 0.05) is 6.42 Å². The van der Waals surface area contributed by atoms with E-state index in [9.17, 15) is 0 Å². The smallest absolute Gasteiger partial charge is 0.218 e. The number of ether oxygens (including phenoxy) is 1. The molecule has 0 aromatic rings. The van der Waals surface area contributed by atoms with Crippen LogP contribution in [0.3, 0.4) is 0 Å². The lowest BCUT2D eigenvalue weighted by atomic mass is 10.1. The van der Waals surface area contributed by atoms with Gasteiger partial charge in [-0.2, -0.15) is 0 Å². The Morgan fingerprint density at radius 3 is 2.30 bits per heavy atom. The Bertz CT molecular complexity index is 127. The second kappa shape index (κ2) is 2.44. The first-order valence-corrected chi connectivity index (χ1v) is 2.95. The van der Waals surface area contributed by atoms with Crippen LogP contribution in [0.1, 0.15) is 6.42 Å². The third-order valence-electron chi connectivity index (χ3n) is 1.51. The van der Waals surface area contributed by atoms with Crippen molar-refractivity contribution in [1.82, 2.24) is 0 Å². The maximum Gasteiger partial charge on any atom is 0.218 e. The first-order chi connectivity index (χ1) is 4.58. The molecule has 1 heterocycles. The molecule has 0 aromatic heterocycles. The lowest BCUT2D eigenvalue weighted by Crippen LogP contribution is -2.42. The molecule has 10 heavy (non-hydrogen) atoms. The molecule has 1 aliphatic heterocycles. The fourth-order valence-electron chi connectivity index (χ4n) is 0.880. The third kappa shape index (κ3) is 1.14. The third-order valence-corrected chi connectivity index (χ3v) is 1.51. The van der Waals surface area contributed by atoms with Crippen LogP contribution in [0.15, 0.2) is 0 Å². The van der Waals surface area contributed by atoms with Gasteiger partial charge in [0.1, 0.15) is 6.10 Å². The van der Waals surface area contributed by atoms with Crippen molar-refractivity contribution >= 4 is 0 Å². The quantitative estimate of drug-likeness (QED) is 0.339. The fraction of sp³-hybridized carbons (Fsp3) is 1.00. The Hall–Kier alpha value is -0.200. The summed E-state index contributed by atoms with van der Waals surface area (Å²) in [5.74, 6) is -1.97. The summed E-state index contributed by atoms with van der Waals surface area (Å²) in [5, 5.41) is 35.2. The normalized spacial score (nSPS) is 48.0. The molecular formula is C5H10O5. The van der Waals surface area contributed by atoms with Crippen LogP contribution < -0.4 is 0 Å². The van der Waals surface area contributed by atoms with Gasteiger partial charge >= 0.3 is 0 Å². The molecule has 0 radical (unpaired) electrons. The summed E-state index contributed by atoms with van der Waals surface area (Å²) in [6.45, 7) is -0.717. The van der Waals surface area contributed by atoms with Crippen molar-refractivity contribution in [2.45, 2.75) is 24.6 Å². The van der Waals surface area contributed by atoms with Gasteiger partial charge in [-0.1, -0.05) is 0 Å². The molecule has 0 amide bonds. The number of aliphatic hydroxyl groups is 4. The molecule has 0 aliphatic carbocycles. The molecule has 0 aromatic carbocycles. The molecule has 60 valence electrons. The van der Waals surface area contributed by atoms with E-state index < -0.39 is 24.8 Å². The van der Waals surface area contributed by atoms with Gasteiger partial charge in [-0.25, -0.2) is 0 Å². The molecule has 5 heteroatoms. The summed E-state index contributed by atoms with van der Waals surface area (Å²) in [7, 11) is 0. The molecule has 4 N–H and O–H groups in total. The van der Waals surface area contributed by atoms with Crippen LogP contribution in [0, 0.1) is 0 Å². The molecule has 1 rings (SSSR count). The predicted molar refractivity (Wildman–Crippen MR) is 29.8 cm³/mol. The fourth-order valence-corrected chi connectivity index (χ4v) is 0.880. The minimum absolute atomic E-state index is 0.0724. The molecule has 0 bridgehead atoms. The highest BCUT2D eigenvalue weighted by Gasteiger charge is 2.45. The molecule has 1 saturated heterocycles. The van der Waals surface area contributed by atoms with Crippen molar-refractivity contribution < 1.29 is 25.2 Å². The number of hydrogen-bond acceptors (Lipinski definition) is 5. The van der Waals surface area contributed by atoms with E-state index in [-0.39, 0.29) is 6.42 Å². The SMILES string of the molecule is OCC1(O)OC(O)CC1O. The van der Waals surface area contributed by atoms with Gasteiger partial charge < -0.3 is 25.2 Å². The summed E-state index contributed by atoms with van der Waals surface area (Å²) in [6.07, 6.45) is -2.48.